The molecule has 0 aliphatic rings. The highest BCUT2D eigenvalue weighted by atomic mass is 35.5. The SMILES string of the molecule is C/C(=C/CN[C@H](C)c1ccc(Cl)cc1)C(=O)O. The molecule has 2 N–H and O–H groups in total. The molecule has 3 nitrogen and oxygen atoms in total. The van der Waals surface area contributed by atoms with E-state index in [1.54, 1.807) is 13.0 Å². The van der Waals surface area contributed by atoms with Gasteiger partial charge >= 0.3 is 5.97 Å². The van der Waals surface area contributed by atoms with Gasteiger partial charge in [-0.1, -0.05) is 29.8 Å². The lowest BCUT2D eigenvalue weighted by molar-refractivity contribution is -0.132. The van der Waals surface area contributed by atoms with Crippen LogP contribution >= 0.6 is 11.6 Å². The number of rotatable bonds is 5. The number of carbonyl (C=O) groups is 1. The average Bonchev–Trinajstić information content (AvgIpc) is 2.29. The Bertz CT molecular complexity index is 412. The topological polar surface area (TPSA) is 49.3 Å². The van der Waals surface area contributed by atoms with E-state index in [1.165, 1.54) is 0 Å². The first kappa shape index (κ1) is 13.7. The zero-order chi connectivity index (χ0) is 12.8. The third-order valence-corrected chi connectivity index (χ3v) is 2.79. The van der Waals surface area contributed by atoms with Gasteiger partial charge in [-0.3, -0.25) is 0 Å². The maximum Gasteiger partial charge on any atom is 0.330 e. The van der Waals surface area contributed by atoms with Gasteiger partial charge in [-0.2, -0.15) is 0 Å². The molecule has 0 fully saturated rings. The normalized spacial score (nSPS) is 13.5. The van der Waals surface area contributed by atoms with E-state index in [1.807, 2.05) is 31.2 Å². The number of benzene rings is 1. The van der Waals surface area contributed by atoms with Crippen molar-refractivity contribution in [3.8, 4) is 0 Å². The molecule has 0 heterocycles. The Hall–Kier alpha value is -1.32. The predicted molar refractivity (Wildman–Crippen MR) is 69.3 cm³/mol. The first-order valence-electron chi connectivity index (χ1n) is 5.39. The molecule has 1 rings (SSSR count). The summed E-state index contributed by atoms with van der Waals surface area (Å²) in [5, 5.41) is 12.6. The van der Waals surface area contributed by atoms with Crippen molar-refractivity contribution in [2.45, 2.75) is 19.9 Å². The summed E-state index contributed by atoms with van der Waals surface area (Å²) < 4.78 is 0. The van der Waals surface area contributed by atoms with Crippen LogP contribution < -0.4 is 5.32 Å². The highest BCUT2D eigenvalue weighted by molar-refractivity contribution is 6.30. The van der Waals surface area contributed by atoms with Gasteiger partial charge in [-0.05, 0) is 31.5 Å². The van der Waals surface area contributed by atoms with E-state index in [2.05, 4.69) is 5.32 Å². The van der Waals surface area contributed by atoms with E-state index in [4.69, 9.17) is 16.7 Å². The van der Waals surface area contributed by atoms with Crippen molar-refractivity contribution in [3.63, 3.8) is 0 Å². The summed E-state index contributed by atoms with van der Waals surface area (Å²) >= 11 is 5.80. The first-order valence-corrected chi connectivity index (χ1v) is 5.77. The fourth-order valence-corrected chi connectivity index (χ4v) is 1.47. The van der Waals surface area contributed by atoms with Gasteiger partial charge in [0.05, 0.1) is 0 Å². The maximum absolute atomic E-state index is 10.6. The Kier molecular flexibility index (Phi) is 5.19. The third-order valence-electron chi connectivity index (χ3n) is 2.54. The van der Waals surface area contributed by atoms with Crippen molar-refractivity contribution in [1.82, 2.24) is 5.32 Å². The first-order chi connectivity index (χ1) is 8.00. The lowest BCUT2D eigenvalue weighted by Gasteiger charge is -2.12. The number of hydrogen-bond donors (Lipinski definition) is 2. The van der Waals surface area contributed by atoms with Gasteiger partial charge in [-0.25, -0.2) is 4.79 Å². The summed E-state index contributed by atoms with van der Waals surface area (Å²) in [6, 6.07) is 7.74. The Labute approximate surface area is 106 Å². The number of halogens is 1. The summed E-state index contributed by atoms with van der Waals surface area (Å²) in [6.07, 6.45) is 1.66. The van der Waals surface area contributed by atoms with Crippen LogP contribution in [0.5, 0.6) is 0 Å². The smallest absolute Gasteiger partial charge is 0.330 e. The van der Waals surface area contributed by atoms with Gasteiger partial charge in [0, 0.05) is 23.2 Å². The minimum absolute atomic E-state index is 0.158. The largest absolute Gasteiger partial charge is 0.478 e. The molecule has 0 radical (unpaired) electrons. The second-order valence-corrected chi connectivity index (χ2v) is 4.31. The van der Waals surface area contributed by atoms with Crippen LogP contribution in [-0.4, -0.2) is 17.6 Å². The van der Waals surface area contributed by atoms with Crippen molar-refractivity contribution in [2.24, 2.45) is 0 Å². The van der Waals surface area contributed by atoms with E-state index in [9.17, 15) is 4.79 Å². The average molecular weight is 254 g/mol. The molecule has 0 aromatic heterocycles. The van der Waals surface area contributed by atoms with E-state index < -0.39 is 5.97 Å². The quantitative estimate of drug-likeness (QED) is 0.793. The monoisotopic (exact) mass is 253 g/mol. The molecule has 1 atom stereocenters. The molecule has 0 saturated heterocycles. The lowest BCUT2D eigenvalue weighted by atomic mass is 10.1. The summed E-state index contributed by atoms with van der Waals surface area (Å²) in [5.74, 6) is -0.883. The van der Waals surface area contributed by atoms with Gasteiger partial charge in [0.25, 0.3) is 0 Å². The summed E-state index contributed by atoms with van der Waals surface area (Å²) in [4.78, 5) is 10.6. The molecular weight excluding hydrogens is 238 g/mol. The Morgan fingerprint density at radius 1 is 1.47 bits per heavy atom. The molecule has 0 aliphatic heterocycles. The van der Waals surface area contributed by atoms with Crippen molar-refractivity contribution >= 4 is 17.6 Å². The minimum atomic E-state index is -0.883. The molecule has 1 aromatic rings. The van der Waals surface area contributed by atoms with Crippen LogP contribution in [0.1, 0.15) is 25.5 Å². The Balaban J connectivity index is 2.50. The zero-order valence-electron chi connectivity index (χ0n) is 9.90. The van der Waals surface area contributed by atoms with Gasteiger partial charge in [0.1, 0.15) is 0 Å². The van der Waals surface area contributed by atoms with Gasteiger partial charge < -0.3 is 10.4 Å². The molecule has 1 aromatic carbocycles. The molecule has 0 amide bonds. The van der Waals surface area contributed by atoms with Crippen LogP contribution in [0.15, 0.2) is 35.9 Å². The van der Waals surface area contributed by atoms with Crippen LogP contribution in [-0.2, 0) is 4.79 Å². The molecule has 0 unspecified atom stereocenters. The summed E-state index contributed by atoms with van der Waals surface area (Å²) in [5.41, 5.74) is 1.47. The second kappa shape index (κ2) is 6.42. The molecule has 17 heavy (non-hydrogen) atoms. The van der Waals surface area contributed by atoms with Gasteiger partial charge in [-0.15, -0.1) is 0 Å². The van der Waals surface area contributed by atoms with Crippen LogP contribution in [0.4, 0.5) is 0 Å². The van der Waals surface area contributed by atoms with E-state index in [0.29, 0.717) is 17.1 Å². The molecule has 4 heteroatoms. The fourth-order valence-electron chi connectivity index (χ4n) is 1.35. The molecular formula is C13H16ClNO2. The van der Waals surface area contributed by atoms with Crippen LogP contribution in [0.25, 0.3) is 0 Å². The minimum Gasteiger partial charge on any atom is -0.478 e. The van der Waals surface area contributed by atoms with Gasteiger partial charge in [0.15, 0.2) is 0 Å². The molecule has 0 saturated carbocycles. The Morgan fingerprint density at radius 3 is 2.59 bits per heavy atom. The van der Waals surface area contributed by atoms with Crippen molar-refractivity contribution in [3.05, 3.63) is 46.5 Å². The number of hydrogen-bond acceptors (Lipinski definition) is 2. The molecule has 0 aliphatic carbocycles. The summed E-state index contributed by atoms with van der Waals surface area (Å²) in [7, 11) is 0. The van der Waals surface area contributed by atoms with Crippen LogP contribution in [0, 0.1) is 0 Å². The highest BCUT2D eigenvalue weighted by Gasteiger charge is 2.04. The lowest BCUT2D eigenvalue weighted by Crippen LogP contribution is -2.19. The van der Waals surface area contributed by atoms with Crippen molar-refractivity contribution < 1.29 is 9.90 Å². The number of carboxylic acid groups (broad SMARTS) is 1. The number of carboxylic acids is 1. The third kappa shape index (κ3) is 4.59. The van der Waals surface area contributed by atoms with Crippen molar-refractivity contribution in [1.29, 1.82) is 0 Å². The molecule has 92 valence electrons. The van der Waals surface area contributed by atoms with E-state index in [-0.39, 0.29) is 6.04 Å². The number of nitrogens with one attached hydrogen (secondary N) is 1. The molecule has 0 bridgehead atoms. The Morgan fingerprint density at radius 2 is 2.06 bits per heavy atom. The van der Waals surface area contributed by atoms with Crippen LogP contribution in [0.3, 0.4) is 0 Å². The number of aliphatic carboxylic acids is 1. The second-order valence-electron chi connectivity index (χ2n) is 3.87. The van der Waals surface area contributed by atoms with Gasteiger partial charge in [0.2, 0.25) is 0 Å². The summed E-state index contributed by atoms with van der Waals surface area (Å²) in [6.45, 7) is 4.13. The predicted octanol–water partition coefficient (Wildman–Crippen LogP) is 3.02. The highest BCUT2D eigenvalue weighted by Crippen LogP contribution is 2.15. The standard InChI is InChI=1S/C13H16ClNO2/c1-9(13(16)17)7-8-15-10(2)11-3-5-12(14)6-4-11/h3-7,10,15H,8H2,1-2H3,(H,16,17)/b9-7-/t10-/m1/s1. The van der Waals surface area contributed by atoms with Crippen molar-refractivity contribution in [2.75, 3.05) is 6.54 Å². The van der Waals surface area contributed by atoms with E-state index >= 15 is 0 Å². The maximum atomic E-state index is 10.6. The molecule has 0 spiro atoms. The zero-order valence-corrected chi connectivity index (χ0v) is 10.7. The fraction of sp³-hybridized carbons (Fsp3) is 0.308. The van der Waals surface area contributed by atoms with E-state index in [0.717, 1.165) is 5.56 Å². The van der Waals surface area contributed by atoms with Crippen LogP contribution in [0.2, 0.25) is 5.02 Å².